The summed E-state index contributed by atoms with van der Waals surface area (Å²) in [4.78, 5) is 43.2. The lowest BCUT2D eigenvalue weighted by molar-refractivity contribution is -0.142. The van der Waals surface area contributed by atoms with E-state index in [1.807, 2.05) is 34.6 Å². The van der Waals surface area contributed by atoms with Gasteiger partial charge < -0.3 is 15.0 Å². The van der Waals surface area contributed by atoms with Gasteiger partial charge in [0.1, 0.15) is 6.04 Å². The maximum absolute atomic E-state index is 13.7. The number of rotatable bonds is 10. The number of ether oxygens (including phenoxy) is 1. The van der Waals surface area contributed by atoms with Crippen LogP contribution in [0.3, 0.4) is 0 Å². The number of likely N-dealkylation sites (N-methyl/N-ethyl adjacent to an activating group) is 1. The molecule has 34 heavy (non-hydrogen) atoms. The molecule has 1 aliphatic heterocycles. The Morgan fingerprint density at radius 2 is 1.76 bits per heavy atom. The minimum atomic E-state index is -0.676. The monoisotopic (exact) mass is 479 g/mol. The number of hydrogen-bond acceptors (Lipinski definition) is 5. The van der Waals surface area contributed by atoms with E-state index < -0.39 is 11.5 Å². The van der Waals surface area contributed by atoms with Gasteiger partial charge in [-0.25, -0.2) is 4.79 Å². The van der Waals surface area contributed by atoms with Crippen molar-refractivity contribution < 1.29 is 19.1 Å². The molecule has 2 amide bonds. The molecule has 1 N–H and O–H groups in total. The van der Waals surface area contributed by atoms with Crippen LogP contribution in [-0.4, -0.2) is 72.5 Å². The first-order valence-electron chi connectivity index (χ1n) is 12.9. The van der Waals surface area contributed by atoms with E-state index in [0.29, 0.717) is 18.1 Å². The maximum Gasteiger partial charge on any atom is 0.333 e. The van der Waals surface area contributed by atoms with Crippen molar-refractivity contribution in [1.29, 1.82) is 0 Å². The van der Waals surface area contributed by atoms with Crippen LogP contribution in [0, 0.1) is 17.3 Å². The van der Waals surface area contributed by atoms with E-state index in [-0.39, 0.29) is 35.8 Å². The predicted octanol–water partition coefficient (Wildman–Crippen LogP) is 4.02. The number of nitrogens with one attached hydrogen (secondary N) is 1. The summed E-state index contributed by atoms with van der Waals surface area (Å²) in [6, 6.07) is -1.18. The highest BCUT2D eigenvalue weighted by atomic mass is 16.5. The SMILES string of the molecule is CCOC(=O)/C(C)=C/[C@H](C(C)C)N(C)C(=O)[C@@H](NC(=O)[C@H]1CCCCN1CC(C)C)C(C)(C)C. The van der Waals surface area contributed by atoms with Gasteiger partial charge in [0.05, 0.1) is 18.7 Å². The highest BCUT2D eigenvalue weighted by Crippen LogP contribution is 2.25. The first-order chi connectivity index (χ1) is 15.7. The van der Waals surface area contributed by atoms with Gasteiger partial charge in [0, 0.05) is 19.2 Å². The third-order valence-electron chi connectivity index (χ3n) is 6.41. The standard InChI is InChI=1S/C27H49N3O4/c1-11-34-26(33)20(6)16-22(19(4)5)29(10)25(32)23(27(7,8)9)28-24(31)21-14-12-13-15-30(21)17-18(2)3/h16,18-19,21-23H,11-15,17H2,1-10H3,(H,28,31)/b20-16+/t21-,22-,23-/m1/s1. The molecule has 0 aromatic heterocycles. The summed E-state index contributed by atoms with van der Waals surface area (Å²) in [5, 5.41) is 3.12. The lowest BCUT2D eigenvalue weighted by Gasteiger charge is -2.40. The van der Waals surface area contributed by atoms with Gasteiger partial charge in [-0.15, -0.1) is 0 Å². The van der Waals surface area contributed by atoms with Gasteiger partial charge in [-0.3, -0.25) is 14.5 Å². The van der Waals surface area contributed by atoms with Crippen molar-refractivity contribution in [3.63, 3.8) is 0 Å². The molecule has 1 aliphatic rings. The van der Waals surface area contributed by atoms with Crippen LogP contribution < -0.4 is 5.32 Å². The Balaban J connectivity index is 3.14. The number of hydrogen-bond donors (Lipinski definition) is 1. The normalized spacial score (nSPS) is 19.6. The highest BCUT2D eigenvalue weighted by Gasteiger charge is 2.39. The van der Waals surface area contributed by atoms with Gasteiger partial charge >= 0.3 is 5.97 Å². The number of carbonyl (C=O) groups excluding carboxylic acids is 3. The van der Waals surface area contributed by atoms with Crippen LogP contribution in [0.4, 0.5) is 0 Å². The molecule has 196 valence electrons. The Morgan fingerprint density at radius 3 is 2.26 bits per heavy atom. The number of carbonyl (C=O) groups is 3. The van der Waals surface area contributed by atoms with Crippen molar-refractivity contribution >= 4 is 17.8 Å². The lowest BCUT2D eigenvalue weighted by atomic mass is 9.84. The molecular formula is C27H49N3O4. The molecule has 1 rings (SSSR count). The minimum Gasteiger partial charge on any atom is -0.463 e. The average Bonchev–Trinajstić information content (AvgIpc) is 2.73. The van der Waals surface area contributed by atoms with Gasteiger partial charge in [-0.1, -0.05) is 61.0 Å². The summed E-state index contributed by atoms with van der Waals surface area (Å²) in [5.74, 6) is -0.0485. The van der Waals surface area contributed by atoms with Crippen molar-refractivity contribution in [2.45, 2.75) is 99.7 Å². The van der Waals surface area contributed by atoms with Gasteiger partial charge in [0.2, 0.25) is 11.8 Å². The van der Waals surface area contributed by atoms with Crippen molar-refractivity contribution in [2.24, 2.45) is 17.3 Å². The molecule has 0 saturated carbocycles. The number of amides is 2. The second kappa shape index (κ2) is 13.3. The van der Waals surface area contributed by atoms with Gasteiger partial charge in [-0.05, 0) is 50.5 Å². The van der Waals surface area contributed by atoms with E-state index in [1.165, 1.54) is 0 Å². The molecule has 1 fully saturated rings. The van der Waals surface area contributed by atoms with Gasteiger partial charge in [0.15, 0.2) is 0 Å². The lowest BCUT2D eigenvalue weighted by Crippen LogP contribution is -2.60. The molecule has 0 aromatic carbocycles. The zero-order chi connectivity index (χ0) is 26.2. The van der Waals surface area contributed by atoms with Crippen molar-refractivity contribution in [1.82, 2.24) is 15.1 Å². The fourth-order valence-corrected chi connectivity index (χ4v) is 4.53. The second-order valence-electron chi connectivity index (χ2n) is 11.5. The first-order valence-corrected chi connectivity index (χ1v) is 12.9. The molecule has 0 bridgehead atoms. The fraction of sp³-hybridized carbons (Fsp3) is 0.815. The van der Waals surface area contributed by atoms with Crippen LogP contribution in [0.1, 0.15) is 81.6 Å². The minimum absolute atomic E-state index is 0.0682. The molecule has 1 heterocycles. The molecule has 1 saturated heterocycles. The Labute approximate surface area is 207 Å². The summed E-state index contributed by atoms with van der Waals surface area (Å²) in [5.41, 5.74) is 0.00283. The predicted molar refractivity (Wildman–Crippen MR) is 137 cm³/mol. The van der Waals surface area contributed by atoms with Crippen LogP contribution in [0.2, 0.25) is 0 Å². The molecule has 7 nitrogen and oxygen atoms in total. The third kappa shape index (κ3) is 8.71. The van der Waals surface area contributed by atoms with Gasteiger partial charge in [0.25, 0.3) is 0 Å². The number of nitrogens with zero attached hydrogens (tertiary/aromatic N) is 2. The van der Waals surface area contributed by atoms with Crippen LogP contribution in [0.15, 0.2) is 11.6 Å². The average molecular weight is 480 g/mol. The Kier molecular flexibility index (Phi) is 11.8. The van der Waals surface area contributed by atoms with E-state index in [9.17, 15) is 14.4 Å². The number of likely N-dealkylation sites (tertiary alicyclic amines) is 1. The van der Waals surface area contributed by atoms with Crippen LogP contribution >= 0.6 is 0 Å². The molecular weight excluding hydrogens is 430 g/mol. The van der Waals surface area contributed by atoms with E-state index in [1.54, 1.807) is 31.9 Å². The Morgan fingerprint density at radius 1 is 1.15 bits per heavy atom. The summed E-state index contributed by atoms with van der Waals surface area (Å²) in [6.07, 6.45) is 4.74. The Bertz CT molecular complexity index is 724. The number of piperidine rings is 1. The summed E-state index contributed by atoms with van der Waals surface area (Å²) in [7, 11) is 1.75. The zero-order valence-electron chi connectivity index (χ0n) is 23.2. The Hall–Kier alpha value is -1.89. The molecule has 0 unspecified atom stereocenters. The molecule has 0 spiro atoms. The van der Waals surface area contributed by atoms with Crippen molar-refractivity contribution in [3.05, 3.63) is 11.6 Å². The highest BCUT2D eigenvalue weighted by molar-refractivity contribution is 5.91. The van der Waals surface area contributed by atoms with Crippen LogP contribution in [-0.2, 0) is 19.1 Å². The third-order valence-corrected chi connectivity index (χ3v) is 6.41. The van der Waals surface area contributed by atoms with E-state index in [4.69, 9.17) is 4.74 Å². The second-order valence-corrected chi connectivity index (χ2v) is 11.5. The van der Waals surface area contributed by atoms with Gasteiger partial charge in [-0.2, -0.15) is 0 Å². The molecule has 0 aromatic rings. The summed E-state index contributed by atoms with van der Waals surface area (Å²) >= 11 is 0. The fourth-order valence-electron chi connectivity index (χ4n) is 4.53. The summed E-state index contributed by atoms with van der Waals surface area (Å²) < 4.78 is 5.11. The number of esters is 1. The van der Waals surface area contributed by atoms with E-state index >= 15 is 0 Å². The summed E-state index contributed by atoms with van der Waals surface area (Å²) in [6.45, 7) is 19.8. The van der Waals surface area contributed by atoms with Crippen molar-refractivity contribution in [2.75, 3.05) is 26.7 Å². The van der Waals surface area contributed by atoms with E-state index in [0.717, 1.165) is 32.4 Å². The smallest absolute Gasteiger partial charge is 0.333 e. The zero-order valence-corrected chi connectivity index (χ0v) is 23.2. The molecule has 7 heteroatoms. The quantitative estimate of drug-likeness (QED) is 0.378. The van der Waals surface area contributed by atoms with Crippen LogP contribution in [0.5, 0.6) is 0 Å². The van der Waals surface area contributed by atoms with E-state index in [2.05, 4.69) is 24.1 Å². The molecule has 0 aliphatic carbocycles. The van der Waals surface area contributed by atoms with Crippen LogP contribution in [0.25, 0.3) is 0 Å². The molecule has 3 atom stereocenters. The largest absolute Gasteiger partial charge is 0.463 e. The topological polar surface area (TPSA) is 79.0 Å². The maximum atomic E-state index is 13.7. The van der Waals surface area contributed by atoms with Crippen molar-refractivity contribution in [3.8, 4) is 0 Å². The molecule has 0 radical (unpaired) electrons. The first kappa shape index (κ1) is 30.1.